The molecular weight excluding hydrogens is 311 g/mol. The number of rotatable bonds is 4. The Morgan fingerprint density at radius 3 is 2.14 bits per heavy atom. The summed E-state index contributed by atoms with van der Waals surface area (Å²) in [4.78, 5) is 23.6. The summed E-state index contributed by atoms with van der Waals surface area (Å²) in [5.74, 6) is -0.731. The summed E-state index contributed by atoms with van der Waals surface area (Å²) in [7, 11) is 0. The molecule has 0 unspecified atom stereocenters. The Labute approximate surface area is 132 Å². The molecule has 2 rings (SSSR count). The first-order valence-electron chi connectivity index (χ1n) is 6.15. The number of para-hydroxylation sites is 1. The highest BCUT2D eigenvalue weighted by atomic mass is 35.5. The van der Waals surface area contributed by atoms with Gasteiger partial charge in [-0.15, -0.1) is 0 Å². The first kappa shape index (κ1) is 15.4. The number of carbonyl (C=O) groups excluding carboxylic acids is 2. The molecule has 0 radical (unpaired) electrons. The summed E-state index contributed by atoms with van der Waals surface area (Å²) in [6, 6.07) is 13.5. The van der Waals surface area contributed by atoms with Crippen molar-refractivity contribution in [2.45, 2.75) is 0 Å². The fraction of sp³-hybridized carbons (Fsp3) is 0.0667. The standard InChI is InChI=1S/C15H12Cl2N2O2/c16-11-7-4-8-12(17)14(11)19-13(20)9-18-15(21)10-5-2-1-3-6-10/h1-8H,9H2,(H,18,21)(H,19,20). The number of halogens is 2. The maximum absolute atomic E-state index is 11.8. The van der Waals surface area contributed by atoms with Crippen molar-refractivity contribution in [2.24, 2.45) is 0 Å². The Balaban J connectivity index is 1.92. The molecule has 0 aliphatic rings. The normalized spacial score (nSPS) is 10.0. The molecule has 0 atom stereocenters. The molecule has 0 saturated heterocycles. The molecule has 0 heterocycles. The summed E-state index contributed by atoms with van der Waals surface area (Å²) in [5, 5.41) is 5.76. The van der Waals surface area contributed by atoms with E-state index in [4.69, 9.17) is 23.2 Å². The second-order valence-corrected chi connectivity index (χ2v) is 5.01. The van der Waals surface area contributed by atoms with E-state index in [2.05, 4.69) is 10.6 Å². The van der Waals surface area contributed by atoms with Crippen LogP contribution in [0, 0.1) is 0 Å². The van der Waals surface area contributed by atoms with Gasteiger partial charge in [0.25, 0.3) is 5.91 Å². The van der Waals surface area contributed by atoms with E-state index in [1.54, 1.807) is 42.5 Å². The van der Waals surface area contributed by atoms with Crippen LogP contribution in [0.4, 0.5) is 5.69 Å². The van der Waals surface area contributed by atoms with Gasteiger partial charge in [0, 0.05) is 5.56 Å². The van der Waals surface area contributed by atoms with Crippen LogP contribution >= 0.6 is 23.2 Å². The molecule has 0 aromatic heterocycles. The first-order chi connectivity index (χ1) is 10.1. The van der Waals surface area contributed by atoms with Gasteiger partial charge in [-0.1, -0.05) is 47.5 Å². The molecule has 0 aliphatic carbocycles. The van der Waals surface area contributed by atoms with Crippen LogP contribution in [0.3, 0.4) is 0 Å². The van der Waals surface area contributed by atoms with Crippen molar-refractivity contribution in [3.05, 3.63) is 64.1 Å². The maximum Gasteiger partial charge on any atom is 0.251 e. The zero-order valence-electron chi connectivity index (χ0n) is 10.9. The van der Waals surface area contributed by atoms with Gasteiger partial charge in [0.2, 0.25) is 5.91 Å². The van der Waals surface area contributed by atoms with Crippen molar-refractivity contribution in [2.75, 3.05) is 11.9 Å². The van der Waals surface area contributed by atoms with E-state index in [1.807, 2.05) is 6.07 Å². The lowest BCUT2D eigenvalue weighted by Gasteiger charge is -2.09. The van der Waals surface area contributed by atoms with Crippen LogP contribution in [-0.4, -0.2) is 18.4 Å². The van der Waals surface area contributed by atoms with Crippen molar-refractivity contribution in [1.29, 1.82) is 0 Å². The minimum Gasteiger partial charge on any atom is -0.343 e. The molecule has 2 aromatic rings. The third-order valence-electron chi connectivity index (χ3n) is 2.67. The lowest BCUT2D eigenvalue weighted by molar-refractivity contribution is -0.115. The number of carbonyl (C=O) groups is 2. The minimum atomic E-state index is -0.408. The van der Waals surface area contributed by atoms with Crippen LogP contribution in [0.25, 0.3) is 0 Å². The van der Waals surface area contributed by atoms with E-state index >= 15 is 0 Å². The van der Waals surface area contributed by atoms with E-state index in [0.717, 1.165) is 0 Å². The van der Waals surface area contributed by atoms with Crippen LogP contribution in [-0.2, 0) is 4.79 Å². The van der Waals surface area contributed by atoms with E-state index in [1.165, 1.54) is 0 Å². The quantitative estimate of drug-likeness (QED) is 0.906. The molecule has 0 aliphatic heterocycles. The lowest BCUT2D eigenvalue weighted by Crippen LogP contribution is -2.32. The molecule has 4 nitrogen and oxygen atoms in total. The Bertz CT molecular complexity index is 640. The van der Waals surface area contributed by atoms with Gasteiger partial charge >= 0.3 is 0 Å². The second kappa shape index (κ2) is 7.11. The molecule has 2 amide bonds. The number of amides is 2. The van der Waals surface area contributed by atoms with Gasteiger partial charge in [-0.3, -0.25) is 9.59 Å². The highest BCUT2D eigenvalue weighted by molar-refractivity contribution is 6.39. The number of hydrogen-bond donors (Lipinski definition) is 2. The van der Waals surface area contributed by atoms with Gasteiger partial charge in [-0.05, 0) is 24.3 Å². The SMILES string of the molecule is O=C(CNC(=O)c1ccccc1)Nc1c(Cl)cccc1Cl. The van der Waals surface area contributed by atoms with E-state index in [9.17, 15) is 9.59 Å². The van der Waals surface area contributed by atoms with Gasteiger partial charge in [0.15, 0.2) is 0 Å². The zero-order valence-corrected chi connectivity index (χ0v) is 12.4. The predicted octanol–water partition coefficient (Wildman–Crippen LogP) is 3.36. The predicted molar refractivity (Wildman–Crippen MR) is 83.9 cm³/mol. The Kier molecular flexibility index (Phi) is 5.20. The molecule has 21 heavy (non-hydrogen) atoms. The summed E-state index contributed by atoms with van der Waals surface area (Å²) in [6.45, 7) is -0.171. The van der Waals surface area contributed by atoms with Gasteiger partial charge < -0.3 is 10.6 Å². The van der Waals surface area contributed by atoms with Crippen LogP contribution in [0.2, 0.25) is 10.0 Å². The molecular formula is C15H12Cl2N2O2. The molecule has 0 bridgehead atoms. The number of anilines is 1. The molecule has 0 saturated carbocycles. The monoisotopic (exact) mass is 322 g/mol. The smallest absolute Gasteiger partial charge is 0.251 e. The molecule has 0 spiro atoms. The van der Waals surface area contributed by atoms with Crippen molar-refractivity contribution in [3.63, 3.8) is 0 Å². The second-order valence-electron chi connectivity index (χ2n) is 4.19. The van der Waals surface area contributed by atoms with Crippen LogP contribution in [0.15, 0.2) is 48.5 Å². The summed E-state index contributed by atoms with van der Waals surface area (Å²) >= 11 is 11.9. The highest BCUT2D eigenvalue weighted by Crippen LogP contribution is 2.29. The summed E-state index contributed by atoms with van der Waals surface area (Å²) in [5.41, 5.74) is 0.820. The molecule has 6 heteroatoms. The number of nitrogens with one attached hydrogen (secondary N) is 2. The van der Waals surface area contributed by atoms with E-state index in [0.29, 0.717) is 21.3 Å². The lowest BCUT2D eigenvalue weighted by atomic mass is 10.2. The fourth-order valence-electron chi connectivity index (χ4n) is 1.65. The van der Waals surface area contributed by atoms with Crippen LogP contribution in [0.5, 0.6) is 0 Å². The fourth-order valence-corrected chi connectivity index (χ4v) is 2.14. The minimum absolute atomic E-state index is 0.171. The highest BCUT2D eigenvalue weighted by Gasteiger charge is 2.11. The van der Waals surface area contributed by atoms with Crippen molar-refractivity contribution < 1.29 is 9.59 Å². The van der Waals surface area contributed by atoms with Gasteiger partial charge in [-0.25, -0.2) is 0 Å². The largest absolute Gasteiger partial charge is 0.343 e. The molecule has 2 N–H and O–H groups in total. The third kappa shape index (κ3) is 4.21. The van der Waals surface area contributed by atoms with Crippen LogP contribution < -0.4 is 10.6 Å². The zero-order chi connectivity index (χ0) is 15.2. The average molecular weight is 323 g/mol. The van der Waals surface area contributed by atoms with Crippen molar-refractivity contribution in [3.8, 4) is 0 Å². The van der Waals surface area contributed by atoms with Gasteiger partial charge in [0.1, 0.15) is 0 Å². The molecule has 0 fully saturated rings. The Morgan fingerprint density at radius 2 is 1.52 bits per heavy atom. The van der Waals surface area contributed by atoms with E-state index < -0.39 is 5.91 Å². The topological polar surface area (TPSA) is 58.2 Å². The third-order valence-corrected chi connectivity index (χ3v) is 3.30. The summed E-state index contributed by atoms with van der Waals surface area (Å²) in [6.07, 6.45) is 0. The number of benzene rings is 2. The van der Waals surface area contributed by atoms with Crippen molar-refractivity contribution in [1.82, 2.24) is 5.32 Å². The molecule has 108 valence electrons. The van der Waals surface area contributed by atoms with Crippen molar-refractivity contribution >= 4 is 40.7 Å². The Hall–Kier alpha value is -2.04. The number of hydrogen-bond acceptors (Lipinski definition) is 2. The maximum atomic E-state index is 11.8. The van der Waals surface area contributed by atoms with Crippen LogP contribution in [0.1, 0.15) is 10.4 Å². The van der Waals surface area contributed by atoms with E-state index in [-0.39, 0.29) is 12.5 Å². The first-order valence-corrected chi connectivity index (χ1v) is 6.90. The summed E-state index contributed by atoms with van der Waals surface area (Å²) < 4.78 is 0. The Morgan fingerprint density at radius 1 is 0.905 bits per heavy atom. The average Bonchev–Trinajstić information content (AvgIpc) is 2.49. The van der Waals surface area contributed by atoms with Gasteiger partial charge in [-0.2, -0.15) is 0 Å². The van der Waals surface area contributed by atoms with Gasteiger partial charge in [0.05, 0.1) is 22.3 Å². The molecule has 2 aromatic carbocycles.